The van der Waals surface area contributed by atoms with Crippen molar-refractivity contribution in [1.82, 2.24) is 0 Å². The molecular weight excluding hydrogens is 104 g/mol. The van der Waals surface area contributed by atoms with Crippen LogP contribution in [-0.4, -0.2) is 12.1 Å². The third-order valence-electron chi connectivity index (χ3n) is 0.480. The number of ketones is 1. The van der Waals surface area contributed by atoms with Gasteiger partial charge < -0.3 is 0 Å². The highest BCUT2D eigenvalue weighted by molar-refractivity contribution is 6.28. The van der Waals surface area contributed by atoms with E-state index in [0.717, 1.165) is 5.57 Å². The van der Waals surface area contributed by atoms with E-state index in [-0.39, 0.29) is 6.29 Å². The molecule has 0 fully saturated rings. The second-order valence-corrected chi connectivity index (χ2v) is 1.61. The molecule has 2 nitrogen and oxygen atoms in total. The molecule has 0 aliphatic heterocycles. The molecule has 0 heterocycles. The lowest BCUT2D eigenvalue weighted by Gasteiger charge is -1.78. The lowest BCUT2D eigenvalue weighted by Crippen LogP contribution is -1.93. The van der Waals surface area contributed by atoms with E-state index in [0.29, 0.717) is 0 Å². The van der Waals surface area contributed by atoms with E-state index >= 15 is 0 Å². The average molecular weight is 111 g/mol. The van der Waals surface area contributed by atoms with E-state index in [1.807, 2.05) is 0 Å². The van der Waals surface area contributed by atoms with E-state index in [9.17, 15) is 9.59 Å². The van der Waals surface area contributed by atoms with Gasteiger partial charge in [0.05, 0.1) is 0 Å². The van der Waals surface area contributed by atoms with Crippen molar-refractivity contribution in [2.75, 3.05) is 0 Å². The summed E-state index contributed by atoms with van der Waals surface area (Å²) in [4.78, 5) is 19.7. The summed E-state index contributed by atoms with van der Waals surface area (Å²) in [6.07, 6.45) is 2.55. The lowest BCUT2D eigenvalue weighted by atomic mass is 10.3. The van der Waals surface area contributed by atoms with Crippen molar-refractivity contribution in [1.29, 1.82) is 0 Å². The summed E-state index contributed by atoms with van der Waals surface area (Å²) in [7, 11) is 0. The van der Waals surface area contributed by atoms with Crippen LogP contribution in [0.1, 0.15) is 13.8 Å². The highest BCUT2D eigenvalue weighted by Crippen LogP contribution is 1.84. The molecule has 0 aliphatic rings. The first-order valence-corrected chi connectivity index (χ1v) is 2.23. The van der Waals surface area contributed by atoms with Crippen LogP contribution < -0.4 is 0 Å². The van der Waals surface area contributed by atoms with Gasteiger partial charge in [0.2, 0.25) is 5.78 Å². The molecule has 0 aromatic rings. The minimum Gasteiger partial charge on any atom is -0.294 e. The normalized spacial score (nSPS) is 7.75. The predicted octanol–water partition coefficient (Wildman–Crippen LogP) is 0.524. The summed E-state index contributed by atoms with van der Waals surface area (Å²) in [5, 5.41) is 0. The Bertz CT molecular complexity index is 129. The van der Waals surface area contributed by atoms with E-state index in [4.69, 9.17) is 0 Å². The van der Waals surface area contributed by atoms with Gasteiger partial charge in [-0.2, -0.15) is 0 Å². The van der Waals surface area contributed by atoms with Gasteiger partial charge in [0.25, 0.3) is 0 Å². The molecule has 43 valence electrons. The number of allylic oxidation sites excluding steroid dienone is 2. The second-order valence-electron chi connectivity index (χ2n) is 1.61. The SMILES string of the molecule is CC(C)=[C]C(=O)C=O. The zero-order chi connectivity index (χ0) is 6.57. The molecule has 0 bridgehead atoms. The third-order valence-corrected chi connectivity index (χ3v) is 0.480. The van der Waals surface area contributed by atoms with Crippen molar-refractivity contribution in [2.45, 2.75) is 13.8 Å². The van der Waals surface area contributed by atoms with Crippen LogP contribution >= 0.6 is 0 Å². The van der Waals surface area contributed by atoms with Gasteiger partial charge in [-0.25, -0.2) is 0 Å². The zero-order valence-electron chi connectivity index (χ0n) is 4.89. The molecule has 0 N–H and O–H groups in total. The van der Waals surface area contributed by atoms with Gasteiger partial charge in [0.1, 0.15) is 0 Å². The number of hydrogen-bond acceptors (Lipinski definition) is 2. The molecule has 0 aromatic carbocycles. The molecule has 0 aliphatic carbocycles. The van der Waals surface area contributed by atoms with Crippen LogP contribution in [0.3, 0.4) is 0 Å². The molecule has 0 unspecified atom stereocenters. The summed E-state index contributed by atoms with van der Waals surface area (Å²) in [6.45, 7) is 3.42. The molecule has 0 amide bonds. The van der Waals surface area contributed by atoms with E-state index in [1.54, 1.807) is 13.8 Å². The van der Waals surface area contributed by atoms with Crippen LogP contribution in [0.5, 0.6) is 0 Å². The third kappa shape index (κ3) is 3.28. The van der Waals surface area contributed by atoms with Gasteiger partial charge in [0, 0.05) is 6.08 Å². The van der Waals surface area contributed by atoms with Crippen LogP contribution in [-0.2, 0) is 9.59 Å². The Labute approximate surface area is 48.2 Å². The Morgan fingerprint density at radius 3 is 2.12 bits per heavy atom. The number of hydrogen-bond donors (Lipinski definition) is 0. The number of Topliss-reactive ketones (excluding diaryl/α,β-unsaturated/α-hetero) is 1. The Morgan fingerprint density at radius 1 is 1.50 bits per heavy atom. The fourth-order valence-electron chi connectivity index (χ4n) is 0.276. The Balaban J connectivity index is 3.89. The van der Waals surface area contributed by atoms with Crippen molar-refractivity contribution in [3.63, 3.8) is 0 Å². The van der Waals surface area contributed by atoms with Gasteiger partial charge in [-0.05, 0) is 13.8 Å². The molecule has 0 saturated heterocycles. The maximum absolute atomic E-state index is 10.1. The lowest BCUT2D eigenvalue weighted by molar-refractivity contribution is -0.127. The van der Waals surface area contributed by atoms with Gasteiger partial charge in [-0.15, -0.1) is 0 Å². The molecule has 0 spiro atoms. The standard InChI is InChI=1S/C6H7O2/c1-5(2)3-6(8)4-7/h4H,1-2H3. The van der Waals surface area contributed by atoms with Crippen LogP contribution in [0.25, 0.3) is 0 Å². The molecule has 1 radical (unpaired) electrons. The summed E-state index contributed by atoms with van der Waals surface area (Å²) >= 11 is 0. The van der Waals surface area contributed by atoms with Crippen LogP contribution in [0, 0.1) is 6.08 Å². The van der Waals surface area contributed by atoms with Crippen LogP contribution in [0.4, 0.5) is 0 Å². The summed E-state index contributed by atoms with van der Waals surface area (Å²) in [5.74, 6) is -0.593. The summed E-state index contributed by atoms with van der Waals surface area (Å²) in [5.41, 5.74) is 0.724. The van der Waals surface area contributed by atoms with Crippen molar-refractivity contribution in [2.24, 2.45) is 0 Å². The van der Waals surface area contributed by atoms with Crippen molar-refractivity contribution >= 4 is 12.1 Å². The van der Waals surface area contributed by atoms with Gasteiger partial charge >= 0.3 is 0 Å². The quantitative estimate of drug-likeness (QED) is 0.296. The maximum Gasteiger partial charge on any atom is 0.226 e. The number of aldehydes is 1. The number of rotatable bonds is 2. The summed E-state index contributed by atoms with van der Waals surface area (Å²) in [6, 6.07) is 0. The largest absolute Gasteiger partial charge is 0.294 e. The average Bonchev–Trinajstić information content (AvgIpc) is 1.65. The van der Waals surface area contributed by atoms with Gasteiger partial charge in [-0.3, -0.25) is 9.59 Å². The molecule has 2 heteroatoms. The molecule has 0 atom stereocenters. The predicted molar refractivity (Wildman–Crippen MR) is 29.2 cm³/mol. The monoisotopic (exact) mass is 111 g/mol. The summed E-state index contributed by atoms with van der Waals surface area (Å²) < 4.78 is 0. The van der Waals surface area contributed by atoms with Crippen molar-refractivity contribution in [3.8, 4) is 0 Å². The van der Waals surface area contributed by atoms with Crippen molar-refractivity contribution in [3.05, 3.63) is 11.6 Å². The first-order valence-electron chi connectivity index (χ1n) is 2.23. The number of carbonyl (C=O) groups excluding carboxylic acids is 2. The second kappa shape index (κ2) is 3.13. The molecular formula is C6H7O2. The van der Waals surface area contributed by atoms with Gasteiger partial charge in [0.15, 0.2) is 6.29 Å². The first-order chi connectivity index (χ1) is 3.66. The fraction of sp³-hybridized carbons (Fsp3) is 0.333. The minimum atomic E-state index is -0.593. The Hall–Kier alpha value is -0.920. The fourth-order valence-corrected chi connectivity index (χ4v) is 0.276. The zero-order valence-corrected chi connectivity index (χ0v) is 4.89. The van der Waals surface area contributed by atoms with Crippen molar-refractivity contribution < 1.29 is 9.59 Å². The van der Waals surface area contributed by atoms with Crippen LogP contribution in [0.15, 0.2) is 5.57 Å². The Kier molecular flexibility index (Phi) is 2.77. The minimum absolute atomic E-state index is 0.243. The molecule has 0 saturated carbocycles. The molecule has 0 rings (SSSR count). The van der Waals surface area contributed by atoms with E-state index < -0.39 is 5.78 Å². The van der Waals surface area contributed by atoms with E-state index in [1.165, 1.54) is 0 Å². The van der Waals surface area contributed by atoms with Crippen LogP contribution in [0.2, 0.25) is 0 Å². The van der Waals surface area contributed by atoms with E-state index in [2.05, 4.69) is 6.08 Å². The Morgan fingerprint density at radius 2 is 2.00 bits per heavy atom. The maximum atomic E-state index is 10.1. The topological polar surface area (TPSA) is 34.1 Å². The van der Waals surface area contributed by atoms with Gasteiger partial charge in [-0.1, -0.05) is 5.57 Å². The molecule has 8 heavy (non-hydrogen) atoms. The molecule has 0 aromatic heterocycles. The smallest absolute Gasteiger partial charge is 0.226 e. The highest BCUT2D eigenvalue weighted by atomic mass is 16.2. The first kappa shape index (κ1) is 7.08. The highest BCUT2D eigenvalue weighted by Gasteiger charge is 1.90. The number of carbonyl (C=O) groups is 2.